The number of rotatable bonds is 15. The minimum Gasteiger partial charge on any atom is -0.389 e. The van der Waals surface area contributed by atoms with E-state index in [1.165, 1.54) is 33.6 Å². The first-order valence-corrected chi connectivity index (χ1v) is 45.0. The number of imidazole rings is 4. The molecule has 8 aliphatic carbocycles. The number of thiophene rings is 4. The molecule has 0 aliphatic heterocycles. The fourth-order valence-corrected chi connectivity index (χ4v) is 22.4. The van der Waals surface area contributed by atoms with Gasteiger partial charge in [0.05, 0.1) is 121 Å². The molecule has 0 bridgehead atoms. The van der Waals surface area contributed by atoms with Gasteiger partial charge in [0, 0.05) is 98.6 Å². The fraction of sp³-hybridized carbons (Fsp3) is 0.443. The van der Waals surface area contributed by atoms with E-state index in [-0.39, 0.29) is 47.3 Å². The van der Waals surface area contributed by atoms with Gasteiger partial charge < -0.3 is 102 Å². The van der Waals surface area contributed by atoms with Crippen LogP contribution in [0.3, 0.4) is 0 Å². The topological polar surface area (TPSA) is 488 Å². The zero-order valence-corrected chi connectivity index (χ0v) is 74.5. The van der Waals surface area contributed by atoms with E-state index in [1.54, 1.807) is 117 Å². The van der Waals surface area contributed by atoms with Crippen molar-refractivity contribution in [3.63, 3.8) is 0 Å². The number of carbonyl (C=O) groups is 4. The van der Waals surface area contributed by atoms with Crippen LogP contribution in [-0.2, 0) is 19.2 Å². The van der Waals surface area contributed by atoms with Gasteiger partial charge in [0.25, 0.3) is 0 Å². The Hall–Kier alpha value is -11.9. The zero-order chi connectivity index (χ0) is 89.8. The van der Waals surface area contributed by atoms with E-state index in [1.807, 2.05) is 89.2 Å². The molecule has 12 aromatic heterocycles. The second-order valence-electron chi connectivity index (χ2n) is 33.1. The normalized spacial score (nSPS) is 28.3. The molecule has 20 atom stereocenters. The van der Waals surface area contributed by atoms with Crippen LogP contribution < -0.4 is 42.5 Å². The van der Waals surface area contributed by atoms with Crippen LogP contribution in [0.2, 0.25) is 0 Å². The predicted octanol–water partition coefficient (Wildman–Crippen LogP) is 4.44. The standard InChI is InChI=1S/C23H26N6O3S.C23H25N5O3S.2C21H22N6O3S/c1-4-9-25-20-16-21(28-15(27-20)8-7-13-6-5-12(2)33-13)29(11-26-16)17-14-10-23(14,22(32)24-3)19(31)18(17)30;1-4-25-16-9-13(6-8-14-7-5-12(2)32-14)27-21-17(16)26-11-28(21)18-15-10-23(15,22(31)24-3)20(30)19(18)29;2*1-10-4-5-11(31-10)6-7-13-25-18(22-2)14-19(26-13)27(9-24-14)15-12-8-21(12,20(30)23-3)17(29)16(15)28/h5-6,11,14,17-19,30-31H,4,9-10H2,1-3H3,(H,24,32)(H,25,27,28);5,7,9,11,15,18-20,29-30H,4,10H2,1-3H3,(H,24,31)(H,25,27);2*4-5,9,12,15-17,28-29H,8H2,1-3H3,(H,23,30)(H,22,25,26)/t14?,17-,18?,19?,23+;15?,18-,19?,20?,23+;2*12?,15-,16?,17?,21+/m1111/s1. The van der Waals surface area contributed by atoms with Crippen molar-refractivity contribution in [2.45, 2.75) is 147 Å². The van der Waals surface area contributed by atoms with Crippen LogP contribution in [0.4, 0.5) is 23.1 Å². The lowest BCUT2D eigenvalue weighted by molar-refractivity contribution is -0.132. The third kappa shape index (κ3) is 14.8. The summed E-state index contributed by atoms with van der Waals surface area (Å²) in [7, 11) is 9.66. The largest absolute Gasteiger partial charge is 0.389 e. The van der Waals surface area contributed by atoms with Gasteiger partial charge in [-0.3, -0.25) is 19.2 Å². The maximum atomic E-state index is 12.5. The van der Waals surface area contributed by atoms with E-state index in [9.17, 15) is 60.0 Å². The number of aliphatic hydroxyl groups is 8. The van der Waals surface area contributed by atoms with Crippen molar-refractivity contribution in [3.8, 4) is 47.4 Å². The number of fused-ring (bicyclic) bond motifs is 8. The molecule has 4 amide bonds. The summed E-state index contributed by atoms with van der Waals surface area (Å²) < 4.78 is 7.06. The van der Waals surface area contributed by atoms with E-state index < -0.39 is 94.7 Å². The molecule has 658 valence electrons. The summed E-state index contributed by atoms with van der Waals surface area (Å²) in [4.78, 5) is 108. The molecule has 0 spiro atoms. The summed E-state index contributed by atoms with van der Waals surface area (Å²) in [6.45, 7) is 13.6. The number of nitrogens with zero attached hydrogens (tertiary/aromatic N) is 15. The molecule has 35 nitrogen and oxygen atoms in total. The number of aliphatic hydroxyl groups excluding tert-OH is 8. The molecule has 12 unspecified atom stereocenters. The van der Waals surface area contributed by atoms with Crippen LogP contribution in [0.25, 0.3) is 44.7 Å². The van der Waals surface area contributed by atoms with Crippen molar-refractivity contribution in [3.05, 3.63) is 142 Å². The second kappa shape index (κ2) is 34.0. The summed E-state index contributed by atoms with van der Waals surface area (Å²) in [6.07, 6.45) is 0.370. The molecule has 8 saturated carbocycles. The van der Waals surface area contributed by atoms with Gasteiger partial charge in [-0.2, -0.15) is 0 Å². The molecule has 16 N–H and O–H groups in total. The zero-order valence-electron chi connectivity index (χ0n) is 71.2. The Morgan fingerprint density at radius 2 is 0.677 bits per heavy atom. The number of aryl methyl sites for hydroxylation is 4. The van der Waals surface area contributed by atoms with Crippen molar-refractivity contribution < 1.29 is 60.0 Å². The minimum absolute atomic E-state index is 0.182. The third-order valence-electron chi connectivity index (χ3n) is 25.9. The van der Waals surface area contributed by atoms with Crippen LogP contribution in [0.1, 0.15) is 132 Å². The van der Waals surface area contributed by atoms with Crippen LogP contribution in [-0.4, -0.2) is 242 Å². The molecule has 0 saturated heterocycles. The van der Waals surface area contributed by atoms with E-state index >= 15 is 0 Å². The van der Waals surface area contributed by atoms with E-state index in [4.69, 9.17) is 4.98 Å². The average Bonchev–Trinajstić information content (AvgIpc) is 1.53. The number of carbonyl (C=O) groups excluding carboxylic acids is 4. The molecule has 12 aromatic rings. The molecule has 8 aliphatic rings. The highest BCUT2D eigenvalue weighted by molar-refractivity contribution is 7.13. The smallest absolute Gasteiger partial charge is 0.229 e. The number of hydrogen-bond donors (Lipinski definition) is 16. The molecule has 39 heteroatoms. The number of pyridine rings is 1. The molecular formula is C88H95N23O12S4. The molecule has 0 radical (unpaired) electrons. The number of aromatic nitrogens is 15. The lowest BCUT2D eigenvalue weighted by Crippen LogP contribution is -2.41. The Morgan fingerprint density at radius 1 is 0.386 bits per heavy atom. The van der Waals surface area contributed by atoms with E-state index in [0.29, 0.717) is 124 Å². The van der Waals surface area contributed by atoms with E-state index in [0.717, 1.165) is 31.6 Å². The molecular weight excluding hydrogens is 1700 g/mol. The van der Waals surface area contributed by atoms with Gasteiger partial charge in [-0.25, -0.2) is 54.8 Å². The Labute approximate surface area is 744 Å². The highest BCUT2D eigenvalue weighted by atomic mass is 32.1. The molecule has 127 heavy (non-hydrogen) atoms. The monoisotopic (exact) mass is 1790 g/mol. The van der Waals surface area contributed by atoms with Crippen molar-refractivity contribution in [2.24, 2.45) is 45.3 Å². The van der Waals surface area contributed by atoms with Gasteiger partial charge in [-0.1, -0.05) is 6.92 Å². The average molecular weight is 1800 g/mol. The first-order valence-electron chi connectivity index (χ1n) is 41.7. The Balaban J connectivity index is 0.000000119. The summed E-state index contributed by atoms with van der Waals surface area (Å²) in [6, 6.07) is 15.8. The molecule has 8 fully saturated rings. The lowest BCUT2D eigenvalue weighted by Gasteiger charge is -2.23. The van der Waals surface area contributed by atoms with Crippen molar-refractivity contribution in [1.29, 1.82) is 0 Å². The predicted molar refractivity (Wildman–Crippen MR) is 478 cm³/mol. The minimum atomic E-state index is -1.15. The van der Waals surface area contributed by atoms with Crippen LogP contribution >= 0.6 is 45.3 Å². The number of amides is 4. The van der Waals surface area contributed by atoms with Crippen molar-refractivity contribution >= 4 is 137 Å². The highest BCUT2D eigenvalue weighted by Crippen LogP contribution is 2.71. The highest BCUT2D eigenvalue weighted by Gasteiger charge is 2.78. The Bertz CT molecular complexity index is 6450. The van der Waals surface area contributed by atoms with Gasteiger partial charge in [0.1, 0.15) is 35.6 Å². The van der Waals surface area contributed by atoms with Crippen LogP contribution in [0.5, 0.6) is 0 Å². The lowest BCUT2D eigenvalue weighted by atomic mass is 9.98. The van der Waals surface area contributed by atoms with Gasteiger partial charge in [-0.05, 0) is 169 Å². The van der Waals surface area contributed by atoms with Crippen LogP contribution in [0.15, 0.2) is 79.9 Å². The summed E-state index contributed by atoms with van der Waals surface area (Å²) in [5, 5.41) is 109. The molecule has 20 rings (SSSR count). The maximum absolute atomic E-state index is 12.5. The number of anilines is 4. The maximum Gasteiger partial charge on any atom is 0.229 e. The quantitative estimate of drug-likeness (QED) is 0.0631. The van der Waals surface area contributed by atoms with Crippen LogP contribution in [0, 0.1) is 120 Å². The first-order chi connectivity index (χ1) is 61.1. The first kappa shape index (κ1) is 87.2. The summed E-state index contributed by atoms with van der Waals surface area (Å²) >= 11 is 6.42. The SMILES string of the molecule is CCCNc1nc(C#Cc2ccc(C)s2)nc2c1ncn2[C@H]1C(O)C(O)[C@]2(C(=O)NC)CC12.CCNc1cc(C#Cc2ccc(C)s2)nc2c1ncn2[C@H]1C(O)C(O)[C@]2(C(=O)NC)CC12.CNC(=O)[C@@]12CC1[C@@H](n1cnc3c(NC)nc(C#Cc4ccc(C)s4)nc31)C(O)C2O.CNC(=O)[C@@]12CC1[C@@H](n1cnc3c(NC)nc(C#Cc4ccc(C)s4)nc31)C(O)C2O. The van der Waals surface area contributed by atoms with Crippen molar-refractivity contribution in [1.82, 2.24) is 94.4 Å². The third-order valence-corrected chi connectivity index (χ3v) is 29.6. The van der Waals surface area contributed by atoms with Gasteiger partial charge >= 0.3 is 0 Å². The molecule has 0 aromatic carbocycles. The van der Waals surface area contributed by atoms with Gasteiger partial charge in [-0.15, -0.1) is 45.3 Å². The van der Waals surface area contributed by atoms with Crippen molar-refractivity contribution in [2.75, 3.05) is 76.6 Å². The van der Waals surface area contributed by atoms with Gasteiger partial charge in [0.15, 0.2) is 56.6 Å². The summed E-state index contributed by atoms with van der Waals surface area (Å²) in [5.41, 5.74) is 1.97. The second-order valence-corrected chi connectivity index (χ2v) is 38.2. The number of nitrogens with one attached hydrogen (secondary N) is 8. The fourth-order valence-electron chi connectivity index (χ4n) is 19.5. The van der Waals surface area contributed by atoms with Gasteiger partial charge in [0.2, 0.25) is 41.1 Å². The Kier molecular flexibility index (Phi) is 23.3. The Morgan fingerprint density at radius 3 is 0.961 bits per heavy atom. The summed E-state index contributed by atoms with van der Waals surface area (Å²) in [5.74, 6) is 25.5. The van der Waals surface area contributed by atoms with E-state index in [2.05, 4.69) is 147 Å². The number of hydrogen-bond acceptors (Lipinski definition) is 31. The molecule has 12 heterocycles.